The van der Waals surface area contributed by atoms with Gasteiger partial charge in [-0.25, -0.2) is 9.59 Å². The van der Waals surface area contributed by atoms with Crippen molar-refractivity contribution in [3.8, 4) is 11.1 Å². The van der Waals surface area contributed by atoms with Crippen LogP contribution in [0.15, 0.2) is 72.8 Å². The fourth-order valence-corrected chi connectivity index (χ4v) is 5.77. The number of hydrogen-bond donors (Lipinski definition) is 2. The lowest BCUT2D eigenvalue weighted by Gasteiger charge is -2.28. The number of carbonyl (C=O) groups is 2. The minimum absolute atomic E-state index is 0.0452. The predicted octanol–water partition coefficient (Wildman–Crippen LogP) is 6.29. The molecule has 2 aliphatic rings. The van der Waals surface area contributed by atoms with Gasteiger partial charge in [-0.2, -0.15) is 0 Å². The third kappa shape index (κ3) is 6.34. The molecule has 2 aliphatic carbocycles. The Bertz CT molecular complexity index is 1280. The van der Waals surface area contributed by atoms with Crippen molar-refractivity contribution < 1.29 is 19.1 Å². The summed E-state index contributed by atoms with van der Waals surface area (Å²) < 4.78 is 11.3. The Morgan fingerprint density at radius 3 is 2.18 bits per heavy atom. The van der Waals surface area contributed by atoms with Crippen molar-refractivity contribution in [2.75, 3.05) is 13.2 Å². The summed E-state index contributed by atoms with van der Waals surface area (Å²) in [5.74, 6) is -0.502. The van der Waals surface area contributed by atoms with Gasteiger partial charge in [0.25, 0.3) is 0 Å². The minimum atomic E-state index is -0.814. The van der Waals surface area contributed by atoms with E-state index < -0.39 is 23.7 Å². The molecule has 39 heavy (non-hydrogen) atoms. The molecular weight excluding hydrogens is 488 g/mol. The van der Waals surface area contributed by atoms with Crippen LogP contribution in [0.4, 0.5) is 4.79 Å². The van der Waals surface area contributed by atoms with Crippen LogP contribution >= 0.6 is 0 Å². The van der Waals surface area contributed by atoms with Gasteiger partial charge in [0.1, 0.15) is 18.2 Å². The molecule has 0 saturated carbocycles. The fourth-order valence-electron chi connectivity index (χ4n) is 5.77. The van der Waals surface area contributed by atoms with E-state index in [9.17, 15) is 9.59 Å². The molecule has 1 unspecified atom stereocenters. The molecule has 2 N–H and O–H groups in total. The van der Waals surface area contributed by atoms with Gasteiger partial charge in [-0.3, -0.25) is 0 Å². The Balaban J connectivity index is 1.22. The SMILES string of the molecule is CC(C)(C)OC(=O)[C@@H](CCNC1CCCc2ccccc21)NC(=O)OCC1c2ccccc2-c2ccccc21. The second-order valence-corrected chi connectivity index (χ2v) is 11.4. The molecule has 5 rings (SSSR count). The van der Waals surface area contributed by atoms with Crippen LogP contribution in [0.25, 0.3) is 11.1 Å². The average Bonchev–Trinajstić information content (AvgIpc) is 3.24. The number of ether oxygens (including phenoxy) is 2. The number of carbonyl (C=O) groups excluding carboxylic acids is 2. The summed E-state index contributed by atoms with van der Waals surface area (Å²) in [5.41, 5.74) is 6.67. The molecular formula is C33H38N2O4. The lowest BCUT2D eigenvalue weighted by molar-refractivity contribution is -0.157. The van der Waals surface area contributed by atoms with Crippen molar-refractivity contribution in [3.63, 3.8) is 0 Å². The largest absolute Gasteiger partial charge is 0.458 e. The van der Waals surface area contributed by atoms with Crippen LogP contribution in [-0.2, 0) is 20.7 Å². The highest BCUT2D eigenvalue weighted by molar-refractivity contribution is 5.82. The highest BCUT2D eigenvalue weighted by atomic mass is 16.6. The van der Waals surface area contributed by atoms with Crippen molar-refractivity contribution in [1.82, 2.24) is 10.6 Å². The van der Waals surface area contributed by atoms with Crippen LogP contribution in [0.1, 0.15) is 74.2 Å². The molecule has 3 aromatic rings. The number of esters is 1. The molecule has 1 amide bonds. The lowest BCUT2D eigenvalue weighted by atomic mass is 9.87. The van der Waals surface area contributed by atoms with Crippen LogP contribution in [0.2, 0.25) is 0 Å². The van der Waals surface area contributed by atoms with E-state index in [0.717, 1.165) is 30.4 Å². The maximum Gasteiger partial charge on any atom is 0.407 e. The number of fused-ring (bicyclic) bond motifs is 4. The van der Waals surface area contributed by atoms with Gasteiger partial charge in [-0.1, -0.05) is 72.8 Å². The smallest absolute Gasteiger partial charge is 0.407 e. The van der Waals surface area contributed by atoms with E-state index >= 15 is 0 Å². The molecule has 3 aromatic carbocycles. The maximum atomic E-state index is 13.0. The summed E-state index contributed by atoms with van der Waals surface area (Å²) >= 11 is 0. The number of nitrogens with one attached hydrogen (secondary N) is 2. The fraction of sp³-hybridized carbons (Fsp3) is 0.394. The number of rotatable bonds is 8. The Morgan fingerprint density at radius 1 is 0.897 bits per heavy atom. The standard InChI is InChI=1S/C33H38N2O4/c1-33(2,3)39-31(36)30(19-20-34-29-18-10-12-22-11-4-5-13-23(22)29)35-32(37)38-21-28-26-16-8-6-14-24(26)25-15-7-9-17-27(25)28/h4-9,11,13-17,28-30,34H,10,12,18-21H2,1-3H3,(H,35,37)/t29?,30-/m1/s1. The van der Waals surface area contributed by atoms with Crippen LogP contribution in [0.5, 0.6) is 0 Å². The van der Waals surface area contributed by atoms with Gasteiger partial charge in [-0.05, 0) is 86.4 Å². The molecule has 6 heteroatoms. The molecule has 0 fully saturated rings. The zero-order valence-corrected chi connectivity index (χ0v) is 23.0. The van der Waals surface area contributed by atoms with Crippen LogP contribution in [-0.4, -0.2) is 36.9 Å². The molecule has 0 saturated heterocycles. The van der Waals surface area contributed by atoms with Gasteiger partial charge >= 0.3 is 12.1 Å². The Hall–Kier alpha value is -3.64. The first-order valence-electron chi connectivity index (χ1n) is 14.0. The van der Waals surface area contributed by atoms with Crippen molar-refractivity contribution in [2.24, 2.45) is 0 Å². The quantitative estimate of drug-likeness (QED) is 0.337. The predicted molar refractivity (Wildman–Crippen MR) is 153 cm³/mol. The highest BCUT2D eigenvalue weighted by Gasteiger charge is 2.31. The summed E-state index contributed by atoms with van der Waals surface area (Å²) in [6.45, 7) is 6.23. The van der Waals surface area contributed by atoms with E-state index in [2.05, 4.69) is 59.2 Å². The summed E-state index contributed by atoms with van der Waals surface area (Å²) in [5, 5.41) is 6.39. The normalized spacial score (nSPS) is 16.9. The molecule has 0 radical (unpaired) electrons. The second kappa shape index (κ2) is 11.6. The van der Waals surface area contributed by atoms with Gasteiger partial charge in [0, 0.05) is 12.0 Å². The molecule has 0 bridgehead atoms. The van der Waals surface area contributed by atoms with E-state index in [-0.39, 0.29) is 18.6 Å². The van der Waals surface area contributed by atoms with Crippen molar-refractivity contribution in [1.29, 1.82) is 0 Å². The summed E-state index contributed by atoms with van der Waals surface area (Å²) in [6.07, 6.45) is 3.06. The maximum absolute atomic E-state index is 13.0. The zero-order valence-electron chi connectivity index (χ0n) is 23.0. The first-order chi connectivity index (χ1) is 18.8. The van der Waals surface area contributed by atoms with Crippen molar-refractivity contribution in [3.05, 3.63) is 95.1 Å². The minimum Gasteiger partial charge on any atom is -0.458 e. The Labute approximate surface area is 231 Å². The van der Waals surface area contributed by atoms with E-state index in [0.29, 0.717) is 13.0 Å². The summed E-state index contributed by atoms with van der Waals surface area (Å²) in [6, 6.07) is 24.4. The molecule has 0 heterocycles. The van der Waals surface area contributed by atoms with Gasteiger partial charge in [0.2, 0.25) is 0 Å². The van der Waals surface area contributed by atoms with Crippen molar-refractivity contribution >= 4 is 12.1 Å². The topological polar surface area (TPSA) is 76.7 Å². The number of benzene rings is 3. The van der Waals surface area contributed by atoms with Crippen LogP contribution in [0, 0.1) is 0 Å². The van der Waals surface area contributed by atoms with Crippen LogP contribution in [0.3, 0.4) is 0 Å². The van der Waals surface area contributed by atoms with Gasteiger partial charge < -0.3 is 20.1 Å². The molecule has 204 valence electrons. The second-order valence-electron chi connectivity index (χ2n) is 11.4. The van der Waals surface area contributed by atoms with Gasteiger partial charge in [0.05, 0.1) is 0 Å². The van der Waals surface area contributed by atoms with Crippen molar-refractivity contribution in [2.45, 2.75) is 70.1 Å². The number of amides is 1. The number of aryl methyl sites for hydroxylation is 1. The number of alkyl carbamates (subject to hydrolysis) is 1. The van der Waals surface area contributed by atoms with E-state index in [1.165, 1.54) is 22.3 Å². The summed E-state index contributed by atoms with van der Waals surface area (Å²) in [7, 11) is 0. The highest BCUT2D eigenvalue weighted by Crippen LogP contribution is 2.44. The van der Waals surface area contributed by atoms with E-state index in [1.54, 1.807) is 0 Å². The monoisotopic (exact) mass is 526 g/mol. The third-order valence-electron chi connectivity index (χ3n) is 7.52. The first kappa shape index (κ1) is 26.9. The van der Waals surface area contributed by atoms with Crippen LogP contribution < -0.4 is 10.6 Å². The summed E-state index contributed by atoms with van der Waals surface area (Å²) in [4.78, 5) is 26.0. The van der Waals surface area contributed by atoms with E-state index in [4.69, 9.17) is 9.47 Å². The molecule has 2 atom stereocenters. The average molecular weight is 527 g/mol. The molecule has 0 aliphatic heterocycles. The van der Waals surface area contributed by atoms with Gasteiger partial charge in [-0.15, -0.1) is 0 Å². The first-order valence-corrected chi connectivity index (χ1v) is 14.0. The Kier molecular flexibility index (Phi) is 8.03. The molecule has 0 spiro atoms. The lowest BCUT2D eigenvalue weighted by Crippen LogP contribution is -2.46. The third-order valence-corrected chi connectivity index (χ3v) is 7.52. The number of hydrogen-bond acceptors (Lipinski definition) is 5. The van der Waals surface area contributed by atoms with E-state index in [1.807, 2.05) is 45.0 Å². The zero-order chi connectivity index (χ0) is 27.4. The Morgan fingerprint density at radius 2 is 1.51 bits per heavy atom. The van der Waals surface area contributed by atoms with Gasteiger partial charge in [0.15, 0.2) is 0 Å². The molecule has 0 aromatic heterocycles. The molecule has 6 nitrogen and oxygen atoms in total.